The minimum absolute atomic E-state index is 0.0850. The van der Waals surface area contributed by atoms with Gasteiger partial charge in [-0.3, -0.25) is 0 Å². The van der Waals surface area contributed by atoms with Gasteiger partial charge < -0.3 is 14.9 Å². The summed E-state index contributed by atoms with van der Waals surface area (Å²) in [5, 5.41) is 12.6. The van der Waals surface area contributed by atoms with Crippen molar-refractivity contribution >= 4 is 22.1 Å². The molecule has 0 saturated heterocycles. The van der Waals surface area contributed by atoms with Gasteiger partial charge in [0.25, 0.3) is 4.96 Å². The maximum atomic E-state index is 10.8. The van der Waals surface area contributed by atoms with Gasteiger partial charge in [-0.2, -0.15) is 9.38 Å². The van der Waals surface area contributed by atoms with Crippen LogP contribution in [-0.4, -0.2) is 20.4 Å². The molecule has 0 spiro atoms. The number of nitrogens with zero attached hydrogens (tertiary/aromatic N) is 3. The van der Waals surface area contributed by atoms with Crippen LogP contribution in [0.5, 0.6) is 5.88 Å². The highest BCUT2D eigenvalue weighted by Gasteiger charge is 2.25. The van der Waals surface area contributed by atoms with Crippen LogP contribution in [0.3, 0.4) is 0 Å². The zero-order chi connectivity index (χ0) is 11.0. The fraction of sp³-hybridized carbons (Fsp3) is 0.375. The second kappa shape index (κ2) is 3.50. The zero-order valence-electron chi connectivity index (χ0n) is 8.21. The quantitative estimate of drug-likeness (QED) is 0.594. The molecule has 0 aliphatic carbocycles. The lowest BCUT2D eigenvalue weighted by molar-refractivity contribution is -0.391. The third-order valence-corrected chi connectivity index (χ3v) is 2.48. The van der Waals surface area contributed by atoms with Gasteiger partial charge in [-0.15, -0.1) is 0 Å². The normalized spacial score (nSPS) is 11.1. The molecule has 0 unspecified atom stereocenters. The van der Waals surface area contributed by atoms with Gasteiger partial charge in [0.05, 0.1) is 6.10 Å². The molecule has 15 heavy (non-hydrogen) atoms. The lowest BCUT2D eigenvalue weighted by Crippen LogP contribution is -2.07. The molecule has 0 saturated carbocycles. The number of imidazole rings is 1. The van der Waals surface area contributed by atoms with Crippen molar-refractivity contribution in [3.8, 4) is 5.88 Å². The molecular formula is C8H9N3O3S. The standard InChI is InChI=1S/C8H9N3O3S/c1-5(2)14-6-7(11(12)13)10-3-4-15-8(10)9-6/h3-5H,1-2H3. The van der Waals surface area contributed by atoms with Crippen LogP contribution in [-0.2, 0) is 0 Å². The maximum Gasteiger partial charge on any atom is 0.393 e. The van der Waals surface area contributed by atoms with Crippen LogP contribution in [0, 0.1) is 10.1 Å². The molecule has 0 aliphatic rings. The Balaban J connectivity index is 2.57. The van der Waals surface area contributed by atoms with E-state index in [1.165, 1.54) is 15.7 Å². The van der Waals surface area contributed by atoms with Gasteiger partial charge in [-0.05, 0) is 18.8 Å². The lowest BCUT2D eigenvalue weighted by Gasteiger charge is -2.05. The highest BCUT2D eigenvalue weighted by atomic mass is 32.1. The number of rotatable bonds is 3. The topological polar surface area (TPSA) is 69.7 Å². The molecule has 6 nitrogen and oxygen atoms in total. The summed E-state index contributed by atoms with van der Waals surface area (Å²) in [5.74, 6) is -0.0261. The number of hydrogen-bond acceptors (Lipinski definition) is 5. The first-order valence-corrected chi connectivity index (χ1v) is 5.24. The maximum absolute atomic E-state index is 10.8. The summed E-state index contributed by atoms with van der Waals surface area (Å²) in [5.41, 5.74) is 0. The van der Waals surface area contributed by atoms with E-state index in [0.717, 1.165) is 0 Å². The second-order valence-electron chi connectivity index (χ2n) is 3.22. The zero-order valence-corrected chi connectivity index (χ0v) is 9.02. The molecule has 0 bridgehead atoms. The van der Waals surface area contributed by atoms with Crippen molar-refractivity contribution in [3.63, 3.8) is 0 Å². The van der Waals surface area contributed by atoms with Crippen LogP contribution in [0.4, 0.5) is 5.82 Å². The number of thiazole rings is 1. The molecule has 7 heteroatoms. The Morgan fingerprint density at radius 2 is 2.40 bits per heavy atom. The summed E-state index contributed by atoms with van der Waals surface area (Å²) in [4.78, 5) is 15.0. The molecule has 0 radical (unpaired) electrons. The van der Waals surface area contributed by atoms with Crippen molar-refractivity contribution in [2.24, 2.45) is 0 Å². The summed E-state index contributed by atoms with van der Waals surface area (Å²) < 4.78 is 6.70. The number of ether oxygens (including phenoxy) is 1. The Kier molecular flexibility index (Phi) is 2.31. The molecule has 2 heterocycles. The summed E-state index contributed by atoms with van der Waals surface area (Å²) in [6.45, 7) is 3.61. The fourth-order valence-corrected chi connectivity index (χ4v) is 1.92. The first-order valence-electron chi connectivity index (χ1n) is 4.36. The SMILES string of the molecule is CC(C)Oc1nc2sccn2c1[N+](=O)[O-]. The summed E-state index contributed by atoms with van der Waals surface area (Å²) >= 11 is 1.33. The molecule has 0 fully saturated rings. The summed E-state index contributed by atoms with van der Waals surface area (Å²) in [6, 6.07) is 0. The van der Waals surface area contributed by atoms with Crippen LogP contribution in [0.2, 0.25) is 0 Å². The molecule has 0 amide bonds. The third kappa shape index (κ3) is 1.65. The minimum atomic E-state index is -0.482. The van der Waals surface area contributed by atoms with Crippen molar-refractivity contribution < 1.29 is 9.66 Å². The Morgan fingerprint density at radius 1 is 1.67 bits per heavy atom. The predicted octanol–water partition coefficient (Wildman–Crippen LogP) is 2.09. The van der Waals surface area contributed by atoms with Crippen molar-refractivity contribution in [2.45, 2.75) is 20.0 Å². The average molecular weight is 227 g/mol. The van der Waals surface area contributed by atoms with E-state index in [-0.39, 0.29) is 17.8 Å². The van der Waals surface area contributed by atoms with E-state index in [1.54, 1.807) is 25.4 Å². The largest absolute Gasteiger partial charge is 0.469 e. The van der Waals surface area contributed by atoms with Gasteiger partial charge in [0, 0.05) is 5.38 Å². The van der Waals surface area contributed by atoms with Gasteiger partial charge in [-0.1, -0.05) is 11.3 Å². The lowest BCUT2D eigenvalue weighted by atomic mass is 10.5. The number of aromatic nitrogens is 2. The predicted molar refractivity (Wildman–Crippen MR) is 55.5 cm³/mol. The van der Waals surface area contributed by atoms with Crippen molar-refractivity contribution in [1.82, 2.24) is 9.38 Å². The van der Waals surface area contributed by atoms with E-state index in [1.807, 2.05) is 0 Å². The molecule has 2 aromatic rings. The molecule has 2 aromatic heterocycles. The van der Waals surface area contributed by atoms with Crippen LogP contribution < -0.4 is 4.74 Å². The molecule has 0 N–H and O–H groups in total. The van der Waals surface area contributed by atoms with E-state index in [4.69, 9.17) is 4.74 Å². The van der Waals surface area contributed by atoms with Crippen LogP contribution in [0.1, 0.15) is 13.8 Å². The van der Waals surface area contributed by atoms with Crippen molar-refractivity contribution in [3.05, 3.63) is 21.7 Å². The minimum Gasteiger partial charge on any atom is -0.469 e. The van der Waals surface area contributed by atoms with E-state index in [2.05, 4.69) is 4.98 Å². The van der Waals surface area contributed by atoms with E-state index >= 15 is 0 Å². The highest BCUT2D eigenvalue weighted by molar-refractivity contribution is 7.15. The van der Waals surface area contributed by atoms with Crippen LogP contribution in [0.15, 0.2) is 11.6 Å². The third-order valence-electron chi connectivity index (χ3n) is 1.73. The summed E-state index contributed by atoms with van der Waals surface area (Å²) in [6.07, 6.45) is 1.48. The molecule has 0 aromatic carbocycles. The molecule has 0 aliphatic heterocycles. The molecule has 2 rings (SSSR count). The Labute approximate surface area is 89.3 Å². The van der Waals surface area contributed by atoms with Gasteiger partial charge >= 0.3 is 11.7 Å². The fourth-order valence-electron chi connectivity index (χ4n) is 1.22. The van der Waals surface area contributed by atoms with E-state index in [0.29, 0.717) is 4.96 Å². The van der Waals surface area contributed by atoms with Gasteiger partial charge in [0.1, 0.15) is 6.20 Å². The number of nitro groups is 1. The molecule has 0 atom stereocenters. The number of fused-ring (bicyclic) bond motifs is 1. The summed E-state index contributed by atoms with van der Waals surface area (Å²) in [7, 11) is 0. The Bertz CT molecular complexity index is 502. The Morgan fingerprint density at radius 3 is 3.00 bits per heavy atom. The van der Waals surface area contributed by atoms with Crippen molar-refractivity contribution in [2.75, 3.05) is 0 Å². The molecule has 80 valence electrons. The van der Waals surface area contributed by atoms with Gasteiger partial charge in [0.15, 0.2) is 0 Å². The van der Waals surface area contributed by atoms with Gasteiger partial charge in [-0.25, -0.2) is 0 Å². The monoisotopic (exact) mass is 227 g/mol. The first kappa shape index (κ1) is 9.91. The number of hydrogen-bond donors (Lipinski definition) is 0. The Hall–Kier alpha value is -1.63. The average Bonchev–Trinajstić information content (AvgIpc) is 2.60. The first-order chi connectivity index (χ1) is 7.09. The van der Waals surface area contributed by atoms with Gasteiger partial charge in [0.2, 0.25) is 0 Å². The van der Waals surface area contributed by atoms with E-state index < -0.39 is 4.92 Å². The smallest absolute Gasteiger partial charge is 0.393 e. The van der Waals surface area contributed by atoms with Crippen molar-refractivity contribution in [1.29, 1.82) is 0 Å². The second-order valence-corrected chi connectivity index (χ2v) is 4.09. The molecular weight excluding hydrogens is 218 g/mol. The van der Waals surface area contributed by atoms with Crippen LogP contribution in [0.25, 0.3) is 4.96 Å². The highest BCUT2D eigenvalue weighted by Crippen LogP contribution is 2.30. The van der Waals surface area contributed by atoms with E-state index in [9.17, 15) is 10.1 Å². The van der Waals surface area contributed by atoms with Crippen LogP contribution >= 0.6 is 11.3 Å².